The Bertz CT molecular complexity index is 305. The lowest BCUT2D eigenvalue weighted by molar-refractivity contribution is -0.0643. The highest BCUT2D eigenvalue weighted by atomic mass is 16.5. The zero-order valence-corrected chi connectivity index (χ0v) is 14.3. The Morgan fingerprint density at radius 3 is 2.35 bits per heavy atom. The summed E-state index contributed by atoms with van der Waals surface area (Å²) in [6, 6.07) is 1.40. The van der Waals surface area contributed by atoms with E-state index in [1.165, 1.54) is 38.5 Å². The number of nitrogens with one attached hydrogen (secondary N) is 1. The van der Waals surface area contributed by atoms with Crippen molar-refractivity contribution in [1.29, 1.82) is 0 Å². The highest BCUT2D eigenvalue weighted by Crippen LogP contribution is 2.37. The molecule has 1 aliphatic carbocycles. The van der Waals surface area contributed by atoms with E-state index in [9.17, 15) is 0 Å². The molecule has 1 saturated carbocycles. The second-order valence-electron chi connectivity index (χ2n) is 8.73. The van der Waals surface area contributed by atoms with Gasteiger partial charge in [0.25, 0.3) is 0 Å². The molecule has 1 N–H and O–H groups in total. The first kappa shape index (κ1) is 16.3. The zero-order valence-electron chi connectivity index (χ0n) is 14.3. The van der Waals surface area contributed by atoms with Crippen molar-refractivity contribution < 1.29 is 4.74 Å². The fourth-order valence-electron chi connectivity index (χ4n) is 4.04. The minimum atomic E-state index is 0.0641. The molecule has 2 fully saturated rings. The van der Waals surface area contributed by atoms with Crippen molar-refractivity contribution in [1.82, 2.24) is 5.32 Å². The summed E-state index contributed by atoms with van der Waals surface area (Å²) >= 11 is 0. The van der Waals surface area contributed by atoms with Gasteiger partial charge in [0.1, 0.15) is 0 Å². The molecule has 2 aliphatic rings. The molecule has 0 aromatic rings. The van der Waals surface area contributed by atoms with Crippen LogP contribution in [-0.2, 0) is 4.74 Å². The van der Waals surface area contributed by atoms with Crippen LogP contribution >= 0.6 is 0 Å². The third-order valence-corrected chi connectivity index (χ3v) is 5.36. The van der Waals surface area contributed by atoms with Gasteiger partial charge in [-0.3, -0.25) is 0 Å². The lowest BCUT2D eigenvalue weighted by Gasteiger charge is -2.37. The maximum atomic E-state index is 5.83. The van der Waals surface area contributed by atoms with Crippen LogP contribution in [0.2, 0.25) is 0 Å². The second kappa shape index (κ2) is 6.36. The van der Waals surface area contributed by atoms with E-state index in [2.05, 4.69) is 39.9 Å². The van der Waals surface area contributed by atoms with E-state index >= 15 is 0 Å². The van der Waals surface area contributed by atoms with E-state index in [0.29, 0.717) is 11.5 Å². The topological polar surface area (TPSA) is 21.3 Å². The van der Waals surface area contributed by atoms with Gasteiger partial charge in [0.15, 0.2) is 0 Å². The van der Waals surface area contributed by atoms with E-state index in [1.54, 1.807) is 0 Å². The van der Waals surface area contributed by atoms with Gasteiger partial charge >= 0.3 is 0 Å². The van der Waals surface area contributed by atoms with E-state index in [4.69, 9.17) is 4.74 Å². The van der Waals surface area contributed by atoms with Gasteiger partial charge in [-0.2, -0.15) is 0 Å². The highest BCUT2D eigenvalue weighted by molar-refractivity contribution is 4.87. The van der Waals surface area contributed by atoms with Crippen LogP contribution < -0.4 is 5.32 Å². The predicted octanol–water partition coefficient (Wildman–Crippen LogP) is 4.53. The molecule has 1 heterocycles. The van der Waals surface area contributed by atoms with Gasteiger partial charge in [0.2, 0.25) is 0 Å². The Kier molecular flexibility index (Phi) is 5.18. The van der Waals surface area contributed by atoms with Crippen LogP contribution in [0.15, 0.2) is 0 Å². The minimum Gasteiger partial charge on any atom is -0.375 e. The first-order valence-electron chi connectivity index (χ1n) is 8.66. The fourth-order valence-corrected chi connectivity index (χ4v) is 4.04. The van der Waals surface area contributed by atoms with Gasteiger partial charge in [-0.1, -0.05) is 27.2 Å². The largest absolute Gasteiger partial charge is 0.375 e. The van der Waals surface area contributed by atoms with Crippen molar-refractivity contribution in [2.75, 3.05) is 6.61 Å². The van der Waals surface area contributed by atoms with E-state index in [0.717, 1.165) is 25.0 Å². The normalized spacial score (nSPS) is 35.5. The van der Waals surface area contributed by atoms with Crippen LogP contribution in [0.1, 0.15) is 79.6 Å². The first-order chi connectivity index (χ1) is 9.26. The van der Waals surface area contributed by atoms with Crippen molar-refractivity contribution >= 4 is 0 Å². The molecule has 2 nitrogen and oxygen atoms in total. The molecule has 0 aromatic carbocycles. The van der Waals surface area contributed by atoms with E-state index < -0.39 is 0 Å². The molecular weight excluding hydrogens is 246 g/mol. The van der Waals surface area contributed by atoms with Gasteiger partial charge in [-0.05, 0) is 63.7 Å². The molecular formula is C18H35NO. The summed E-state index contributed by atoms with van der Waals surface area (Å²) in [7, 11) is 0. The molecule has 3 atom stereocenters. The molecule has 1 aliphatic heterocycles. The molecule has 118 valence electrons. The maximum absolute atomic E-state index is 5.83. The maximum Gasteiger partial charge on any atom is 0.0641 e. The van der Waals surface area contributed by atoms with Gasteiger partial charge < -0.3 is 10.1 Å². The fraction of sp³-hybridized carbons (Fsp3) is 1.00. The van der Waals surface area contributed by atoms with Crippen LogP contribution in [0.3, 0.4) is 0 Å². The van der Waals surface area contributed by atoms with Gasteiger partial charge in [-0.25, -0.2) is 0 Å². The molecule has 0 aromatic heterocycles. The first-order valence-corrected chi connectivity index (χ1v) is 8.66. The van der Waals surface area contributed by atoms with E-state index in [-0.39, 0.29) is 5.60 Å². The summed E-state index contributed by atoms with van der Waals surface area (Å²) in [4.78, 5) is 0. The monoisotopic (exact) mass is 281 g/mol. The van der Waals surface area contributed by atoms with Crippen molar-refractivity contribution in [3.05, 3.63) is 0 Å². The summed E-state index contributed by atoms with van der Waals surface area (Å²) in [5.74, 6) is 0.903. The summed E-state index contributed by atoms with van der Waals surface area (Å²) in [6.45, 7) is 12.6. The predicted molar refractivity (Wildman–Crippen MR) is 86.0 cm³/mol. The van der Waals surface area contributed by atoms with Crippen LogP contribution in [0.25, 0.3) is 0 Å². The lowest BCUT2D eigenvalue weighted by Crippen LogP contribution is -2.47. The Balaban J connectivity index is 1.82. The highest BCUT2D eigenvalue weighted by Gasteiger charge is 2.32. The Morgan fingerprint density at radius 1 is 0.950 bits per heavy atom. The summed E-state index contributed by atoms with van der Waals surface area (Å²) in [5, 5.41) is 3.95. The SMILES string of the molecule is CC1(C)CC(NC2CCCC(C(C)(C)C)CC2)CCO1. The number of ether oxygens (including phenoxy) is 1. The van der Waals surface area contributed by atoms with E-state index in [1.807, 2.05) is 0 Å². The summed E-state index contributed by atoms with van der Waals surface area (Å²) < 4.78 is 5.83. The van der Waals surface area contributed by atoms with Crippen molar-refractivity contribution in [3.63, 3.8) is 0 Å². The second-order valence-corrected chi connectivity index (χ2v) is 8.73. The average molecular weight is 281 g/mol. The number of rotatable bonds is 2. The van der Waals surface area contributed by atoms with Crippen molar-refractivity contribution in [2.24, 2.45) is 11.3 Å². The third-order valence-electron chi connectivity index (χ3n) is 5.36. The smallest absolute Gasteiger partial charge is 0.0641 e. The molecule has 2 heteroatoms. The molecule has 20 heavy (non-hydrogen) atoms. The zero-order chi connectivity index (χ0) is 14.8. The number of hydrogen-bond donors (Lipinski definition) is 1. The summed E-state index contributed by atoms with van der Waals surface area (Å²) in [5.41, 5.74) is 0.546. The van der Waals surface area contributed by atoms with Crippen molar-refractivity contribution in [2.45, 2.75) is 97.2 Å². The van der Waals surface area contributed by atoms with Crippen LogP contribution in [-0.4, -0.2) is 24.3 Å². The lowest BCUT2D eigenvalue weighted by atomic mass is 9.76. The minimum absolute atomic E-state index is 0.0641. The average Bonchev–Trinajstić information content (AvgIpc) is 2.52. The molecule has 0 amide bonds. The van der Waals surface area contributed by atoms with Gasteiger partial charge in [-0.15, -0.1) is 0 Å². The molecule has 1 saturated heterocycles. The quantitative estimate of drug-likeness (QED) is 0.751. The molecule has 0 radical (unpaired) electrons. The number of hydrogen-bond acceptors (Lipinski definition) is 2. The third kappa shape index (κ3) is 4.73. The Hall–Kier alpha value is -0.0800. The standard InChI is InChI=1S/C18H35NO/c1-17(2,3)14-7-6-8-15(10-9-14)19-16-11-12-20-18(4,5)13-16/h14-16,19H,6-13H2,1-5H3. The van der Waals surface area contributed by atoms with Crippen LogP contribution in [0, 0.1) is 11.3 Å². The Morgan fingerprint density at radius 2 is 1.70 bits per heavy atom. The molecule has 0 bridgehead atoms. The molecule has 0 spiro atoms. The molecule has 2 rings (SSSR count). The Labute approximate surface area is 126 Å². The van der Waals surface area contributed by atoms with Crippen molar-refractivity contribution in [3.8, 4) is 0 Å². The van der Waals surface area contributed by atoms with Crippen LogP contribution in [0.5, 0.6) is 0 Å². The summed E-state index contributed by atoms with van der Waals surface area (Å²) in [6.07, 6.45) is 9.28. The van der Waals surface area contributed by atoms with Gasteiger partial charge in [0.05, 0.1) is 5.60 Å². The van der Waals surface area contributed by atoms with Gasteiger partial charge in [0, 0.05) is 18.7 Å². The molecule has 3 unspecified atom stereocenters. The van der Waals surface area contributed by atoms with Crippen LogP contribution in [0.4, 0.5) is 0 Å².